The fourth-order valence-corrected chi connectivity index (χ4v) is 3.58. The lowest BCUT2D eigenvalue weighted by molar-refractivity contribution is 0.706. The summed E-state index contributed by atoms with van der Waals surface area (Å²) in [5.74, 6) is 1.16. The van der Waals surface area contributed by atoms with Crippen molar-refractivity contribution in [3.8, 4) is 10.6 Å². The van der Waals surface area contributed by atoms with Crippen LogP contribution in [0.3, 0.4) is 0 Å². The lowest BCUT2D eigenvalue weighted by Gasteiger charge is -1.96. The van der Waals surface area contributed by atoms with E-state index >= 15 is 0 Å². The van der Waals surface area contributed by atoms with Crippen molar-refractivity contribution in [3.05, 3.63) is 30.3 Å². The standard InChI is InChI=1S/C14H18N2S2/c1-2-3-4-8-11-17-14-16-15-13(18-14)12-9-6-5-7-10-12/h5-7,9-10H,2-4,8,11H2,1H3. The van der Waals surface area contributed by atoms with Gasteiger partial charge in [0.15, 0.2) is 4.34 Å². The van der Waals surface area contributed by atoms with Crippen molar-refractivity contribution >= 4 is 23.1 Å². The first-order valence-electron chi connectivity index (χ1n) is 6.42. The Morgan fingerprint density at radius 1 is 1.06 bits per heavy atom. The molecule has 2 aromatic rings. The molecule has 0 radical (unpaired) electrons. The Hall–Kier alpha value is -0.870. The molecule has 2 rings (SSSR count). The van der Waals surface area contributed by atoms with Gasteiger partial charge in [-0.2, -0.15) is 0 Å². The number of nitrogens with zero attached hydrogens (tertiary/aromatic N) is 2. The molecule has 0 aliphatic rings. The van der Waals surface area contributed by atoms with Gasteiger partial charge in [0, 0.05) is 11.3 Å². The van der Waals surface area contributed by atoms with Crippen molar-refractivity contribution in [1.29, 1.82) is 0 Å². The van der Waals surface area contributed by atoms with Gasteiger partial charge in [0.25, 0.3) is 0 Å². The Bertz CT molecular complexity index is 454. The van der Waals surface area contributed by atoms with E-state index in [0.717, 1.165) is 20.7 Å². The van der Waals surface area contributed by atoms with Crippen LogP contribution in [0.25, 0.3) is 10.6 Å². The molecule has 0 aliphatic heterocycles. The number of rotatable bonds is 7. The van der Waals surface area contributed by atoms with E-state index in [2.05, 4.69) is 29.3 Å². The van der Waals surface area contributed by atoms with Gasteiger partial charge in [-0.15, -0.1) is 10.2 Å². The summed E-state index contributed by atoms with van der Waals surface area (Å²) in [7, 11) is 0. The Morgan fingerprint density at radius 3 is 2.67 bits per heavy atom. The average molecular weight is 278 g/mol. The topological polar surface area (TPSA) is 25.8 Å². The molecular formula is C14H18N2S2. The molecule has 0 fully saturated rings. The van der Waals surface area contributed by atoms with E-state index in [0.29, 0.717) is 0 Å². The van der Waals surface area contributed by atoms with Gasteiger partial charge in [-0.3, -0.25) is 0 Å². The van der Waals surface area contributed by atoms with Gasteiger partial charge in [0.05, 0.1) is 0 Å². The normalized spacial score (nSPS) is 10.7. The highest BCUT2D eigenvalue weighted by Crippen LogP contribution is 2.29. The zero-order valence-corrected chi connectivity index (χ0v) is 12.3. The lowest BCUT2D eigenvalue weighted by atomic mass is 10.2. The molecule has 0 N–H and O–H groups in total. The monoisotopic (exact) mass is 278 g/mol. The van der Waals surface area contributed by atoms with Crippen LogP contribution in [0.15, 0.2) is 34.7 Å². The van der Waals surface area contributed by atoms with E-state index in [1.807, 2.05) is 30.0 Å². The summed E-state index contributed by atoms with van der Waals surface area (Å²) < 4.78 is 1.09. The van der Waals surface area contributed by atoms with E-state index in [1.54, 1.807) is 11.3 Å². The van der Waals surface area contributed by atoms with Crippen molar-refractivity contribution in [2.45, 2.75) is 36.9 Å². The molecule has 0 aliphatic carbocycles. The molecule has 0 bridgehead atoms. The molecule has 0 saturated carbocycles. The molecular weight excluding hydrogens is 260 g/mol. The molecule has 0 unspecified atom stereocenters. The summed E-state index contributed by atoms with van der Waals surface area (Å²) in [6.07, 6.45) is 5.24. The van der Waals surface area contributed by atoms with E-state index in [4.69, 9.17) is 0 Å². The number of hydrogen-bond acceptors (Lipinski definition) is 4. The summed E-state index contributed by atoms with van der Waals surface area (Å²) >= 11 is 3.52. The first kappa shape index (κ1) is 13.6. The maximum atomic E-state index is 4.25. The van der Waals surface area contributed by atoms with Gasteiger partial charge in [-0.25, -0.2) is 0 Å². The van der Waals surface area contributed by atoms with Gasteiger partial charge in [0.1, 0.15) is 5.01 Å². The van der Waals surface area contributed by atoms with Gasteiger partial charge < -0.3 is 0 Å². The van der Waals surface area contributed by atoms with Crippen LogP contribution in [0.1, 0.15) is 32.6 Å². The first-order valence-corrected chi connectivity index (χ1v) is 8.22. The summed E-state index contributed by atoms with van der Waals surface area (Å²) in [6.45, 7) is 2.24. The molecule has 96 valence electrons. The minimum Gasteiger partial charge on any atom is -0.137 e. The molecule has 1 aromatic heterocycles. The Balaban J connectivity index is 1.83. The van der Waals surface area contributed by atoms with E-state index in [1.165, 1.54) is 25.7 Å². The molecule has 2 nitrogen and oxygen atoms in total. The van der Waals surface area contributed by atoms with E-state index in [-0.39, 0.29) is 0 Å². The van der Waals surface area contributed by atoms with Crippen LogP contribution in [0.2, 0.25) is 0 Å². The van der Waals surface area contributed by atoms with Crippen molar-refractivity contribution < 1.29 is 0 Å². The third kappa shape index (κ3) is 4.10. The van der Waals surface area contributed by atoms with Crippen LogP contribution in [-0.2, 0) is 0 Å². The largest absolute Gasteiger partial charge is 0.174 e. The summed E-state index contributed by atoms with van der Waals surface area (Å²) in [6, 6.07) is 10.3. The van der Waals surface area contributed by atoms with Gasteiger partial charge in [-0.05, 0) is 6.42 Å². The number of thioether (sulfide) groups is 1. The highest BCUT2D eigenvalue weighted by atomic mass is 32.2. The van der Waals surface area contributed by atoms with Crippen molar-refractivity contribution in [3.63, 3.8) is 0 Å². The molecule has 0 saturated heterocycles. The Morgan fingerprint density at radius 2 is 1.89 bits per heavy atom. The first-order chi connectivity index (χ1) is 8.90. The van der Waals surface area contributed by atoms with Crippen LogP contribution in [0, 0.1) is 0 Å². The fourth-order valence-electron chi connectivity index (χ4n) is 1.65. The number of benzene rings is 1. The van der Waals surface area contributed by atoms with Crippen LogP contribution < -0.4 is 0 Å². The Kier molecular flexibility index (Phi) is 5.68. The predicted octanol–water partition coefficient (Wildman–Crippen LogP) is 4.88. The van der Waals surface area contributed by atoms with E-state index < -0.39 is 0 Å². The second-order valence-corrected chi connectivity index (χ2v) is 6.47. The summed E-state index contributed by atoms with van der Waals surface area (Å²) in [4.78, 5) is 0. The number of unbranched alkanes of at least 4 members (excludes halogenated alkanes) is 3. The zero-order valence-electron chi connectivity index (χ0n) is 10.6. The third-order valence-electron chi connectivity index (χ3n) is 2.65. The van der Waals surface area contributed by atoms with Crippen LogP contribution >= 0.6 is 23.1 Å². The van der Waals surface area contributed by atoms with Crippen molar-refractivity contribution in [2.24, 2.45) is 0 Å². The van der Waals surface area contributed by atoms with Crippen LogP contribution in [0.4, 0.5) is 0 Å². The zero-order chi connectivity index (χ0) is 12.6. The molecule has 0 spiro atoms. The second kappa shape index (κ2) is 7.54. The SMILES string of the molecule is CCCCCCSc1nnc(-c2ccccc2)s1. The molecule has 18 heavy (non-hydrogen) atoms. The van der Waals surface area contributed by atoms with Crippen LogP contribution in [0.5, 0.6) is 0 Å². The third-order valence-corrected chi connectivity index (χ3v) is 4.84. The quantitative estimate of drug-likeness (QED) is 0.533. The van der Waals surface area contributed by atoms with Gasteiger partial charge in [0.2, 0.25) is 0 Å². The van der Waals surface area contributed by atoms with Crippen LogP contribution in [-0.4, -0.2) is 16.0 Å². The molecule has 0 amide bonds. The molecule has 1 aromatic carbocycles. The average Bonchev–Trinajstić information content (AvgIpc) is 2.88. The minimum absolute atomic E-state index is 1.02. The molecule has 1 heterocycles. The highest BCUT2D eigenvalue weighted by molar-refractivity contribution is 8.01. The second-order valence-electron chi connectivity index (χ2n) is 4.15. The van der Waals surface area contributed by atoms with Gasteiger partial charge >= 0.3 is 0 Å². The van der Waals surface area contributed by atoms with Gasteiger partial charge in [-0.1, -0.05) is 79.6 Å². The highest BCUT2D eigenvalue weighted by Gasteiger charge is 2.06. The molecule has 0 atom stereocenters. The Labute approximate surface area is 117 Å². The fraction of sp³-hybridized carbons (Fsp3) is 0.429. The van der Waals surface area contributed by atoms with Crippen molar-refractivity contribution in [2.75, 3.05) is 5.75 Å². The summed E-state index contributed by atoms with van der Waals surface area (Å²) in [5.41, 5.74) is 1.16. The number of hydrogen-bond donors (Lipinski definition) is 0. The maximum absolute atomic E-state index is 4.25. The predicted molar refractivity (Wildman–Crippen MR) is 80.2 cm³/mol. The minimum atomic E-state index is 1.02. The van der Waals surface area contributed by atoms with Crippen molar-refractivity contribution in [1.82, 2.24) is 10.2 Å². The smallest absolute Gasteiger partial charge is 0.137 e. The number of aromatic nitrogens is 2. The maximum Gasteiger partial charge on any atom is 0.174 e. The molecule has 4 heteroatoms. The van der Waals surface area contributed by atoms with E-state index in [9.17, 15) is 0 Å². The summed E-state index contributed by atoms with van der Waals surface area (Å²) in [5, 5.41) is 9.51. The lowest BCUT2D eigenvalue weighted by Crippen LogP contribution is -1.80.